The van der Waals surface area contributed by atoms with E-state index in [-0.39, 0.29) is 11.7 Å². The molecule has 1 aromatic heterocycles. The molecule has 0 unspecified atom stereocenters. The third kappa shape index (κ3) is 5.46. The molecule has 8 heteroatoms. The summed E-state index contributed by atoms with van der Waals surface area (Å²) in [6.45, 7) is 2.32. The van der Waals surface area contributed by atoms with E-state index in [1.807, 2.05) is 67.1 Å². The first kappa shape index (κ1) is 19.7. The summed E-state index contributed by atoms with van der Waals surface area (Å²) < 4.78 is 8.79. The smallest absolute Gasteiger partial charge is 0.234 e. The summed E-state index contributed by atoms with van der Waals surface area (Å²) in [5.74, 6) is 1.71. The molecule has 0 aliphatic carbocycles. The fourth-order valence-corrected chi connectivity index (χ4v) is 3.41. The molecule has 0 radical (unpaired) electrons. The maximum atomic E-state index is 12.1. The molecule has 1 heterocycles. The summed E-state index contributed by atoms with van der Waals surface area (Å²) >= 11 is 3.57. The summed E-state index contributed by atoms with van der Waals surface area (Å²) in [7, 11) is 1.87. The van der Waals surface area contributed by atoms with E-state index in [1.165, 1.54) is 11.8 Å². The summed E-state index contributed by atoms with van der Waals surface area (Å²) in [6, 6.07) is 15.5. The van der Waals surface area contributed by atoms with E-state index in [2.05, 4.69) is 38.1 Å². The molecule has 0 aliphatic heterocycles. The van der Waals surface area contributed by atoms with E-state index in [0.717, 1.165) is 20.6 Å². The number of para-hydroxylation sites is 1. The lowest BCUT2D eigenvalue weighted by molar-refractivity contribution is -0.113. The van der Waals surface area contributed by atoms with Crippen LogP contribution in [0, 0.1) is 10.5 Å². The minimum absolute atomic E-state index is 0.0816. The number of hydrogen-bond donors (Lipinski definition) is 1. The molecule has 140 valence electrons. The SMILES string of the molecule is Cc1ccccc1OCc1nnc(SCC(=O)Nc2ccc(I)cc2)n1C. The average Bonchev–Trinajstić information content (AvgIpc) is 3.01. The predicted octanol–water partition coefficient (Wildman–Crippen LogP) is 4.04. The van der Waals surface area contributed by atoms with Gasteiger partial charge in [-0.05, 0) is 65.4 Å². The molecule has 27 heavy (non-hydrogen) atoms. The molecule has 0 spiro atoms. The number of amides is 1. The quantitative estimate of drug-likeness (QED) is 0.397. The topological polar surface area (TPSA) is 69.0 Å². The van der Waals surface area contributed by atoms with Gasteiger partial charge in [0.2, 0.25) is 5.91 Å². The second kappa shape index (κ2) is 9.23. The van der Waals surface area contributed by atoms with Gasteiger partial charge in [-0.3, -0.25) is 4.79 Å². The van der Waals surface area contributed by atoms with Crippen molar-refractivity contribution in [2.24, 2.45) is 7.05 Å². The van der Waals surface area contributed by atoms with E-state index in [1.54, 1.807) is 0 Å². The third-order valence-corrected chi connectivity index (χ3v) is 5.58. The van der Waals surface area contributed by atoms with Crippen molar-refractivity contribution in [1.29, 1.82) is 0 Å². The largest absolute Gasteiger partial charge is 0.485 e. The van der Waals surface area contributed by atoms with E-state index in [0.29, 0.717) is 17.6 Å². The van der Waals surface area contributed by atoms with Crippen molar-refractivity contribution >= 4 is 45.9 Å². The van der Waals surface area contributed by atoms with Crippen LogP contribution in [0.15, 0.2) is 53.7 Å². The normalized spacial score (nSPS) is 10.6. The van der Waals surface area contributed by atoms with Gasteiger partial charge in [-0.1, -0.05) is 30.0 Å². The number of ether oxygens (including phenoxy) is 1. The molecule has 0 fully saturated rings. The first-order valence-electron chi connectivity index (χ1n) is 8.28. The van der Waals surface area contributed by atoms with Crippen LogP contribution in [0.1, 0.15) is 11.4 Å². The maximum absolute atomic E-state index is 12.1. The van der Waals surface area contributed by atoms with Crippen LogP contribution < -0.4 is 10.1 Å². The van der Waals surface area contributed by atoms with E-state index >= 15 is 0 Å². The van der Waals surface area contributed by atoms with Crippen LogP contribution >= 0.6 is 34.4 Å². The van der Waals surface area contributed by atoms with Crippen LogP contribution in [0.4, 0.5) is 5.69 Å². The first-order chi connectivity index (χ1) is 13.0. The highest BCUT2D eigenvalue weighted by Crippen LogP contribution is 2.20. The Balaban J connectivity index is 1.53. The molecule has 1 N–H and O–H groups in total. The first-order valence-corrected chi connectivity index (χ1v) is 10.3. The zero-order valence-corrected chi connectivity index (χ0v) is 18.0. The number of thioether (sulfide) groups is 1. The lowest BCUT2D eigenvalue weighted by Crippen LogP contribution is -2.14. The Kier molecular flexibility index (Phi) is 6.73. The number of benzene rings is 2. The van der Waals surface area contributed by atoms with Crippen molar-refractivity contribution in [3.63, 3.8) is 0 Å². The Hall–Kier alpha value is -2.07. The van der Waals surface area contributed by atoms with Gasteiger partial charge in [0, 0.05) is 16.3 Å². The van der Waals surface area contributed by atoms with Crippen LogP contribution in [0.25, 0.3) is 0 Å². The number of rotatable bonds is 7. The lowest BCUT2D eigenvalue weighted by Gasteiger charge is -2.08. The molecule has 1 amide bonds. The summed E-state index contributed by atoms with van der Waals surface area (Å²) in [5.41, 5.74) is 1.85. The van der Waals surface area contributed by atoms with Crippen molar-refractivity contribution in [3.05, 3.63) is 63.5 Å². The van der Waals surface area contributed by atoms with E-state index in [4.69, 9.17) is 4.74 Å². The van der Waals surface area contributed by atoms with Crippen molar-refractivity contribution in [3.8, 4) is 5.75 Å². The third-order valence-electron chi connectivity index (χ3n) is 3.84. The Morgan fingerprint density at radius 2 is 1.93 bits per heavy atom. The van der Waals surface area contributed by atoms with Crippen LogP contribution in [0.2, 0.25) is 0 Å². The zero-order valence-electron chi connectivity index (χ0n) is 15.0. The Bertz CT molecular complexity index is 928. The number of aryl methyl sites for hydroxylation is 1. The fourth-order valence-electron chi connectivity index (χ4n) is 2.32. The van der Waals surface area contributed by atoms with Crippen molar-refractivity contribution in [2.45, 2.75) is 18.7 Å². The molecule has 3 rings (SSSR count). The van der Waals surface area contributed by atoms with Gasteiger partial charge < -0.3 is 14.6 Å². The monoisotopic (exact) mass is 494 g/mol. The fraction of sp³-hybridized carbons (Fsp3) is 0.211. The Labute approximate surface area is 175 Å². The van der Waals surface area contributed by atoms with Gasteiger partial charge in [0.15, 0.2) is 11.0 Å². The number of aromatic nitrogens is 3. The van der Waals surface area contributed by atoms with Gasteiger partial charge >= 0.3 is 0 Å². The van der Waals surface area contributed by atoms with Gasteiger partial charge in [-0.25, -0.2) is 0 Å². The van der Waals surface area contributed by atoms with Gasteiger partial charge in [0.05, 0.1) is 5.75 Å². The number of nitrogens with one attached hydrogen (secondary N) is 1. The summed E-state index contributed by atoms with van der Waals surface area (Å²) in [5, 5.41) is 11.9. The minimum atomic E-state index is -0.0816. The standard InChI is InChI=1S/C19H19IN4O2S/c1-13-5-3-4-6-16(13)26-11-17-22-23-19(24(17)2)27-12-18(25)21-15-9-7-14(20)8-10-15/h3-10H,11-12H2,1-2H3,(H,21,25). The lowest BCUT2D eigenvalue weighted by atomic mass is 10.2. The van der Waals surface area contributed by atoms with Gasteiger partial charge in [0.1, 0.15) is 12.4 Å². The second-order valence-corrected chi connectivity index (χ2v) is 8.04. The number of carbonyl (C=O) groups excluding carboxylic acids is 1. The number of halogens is 1. The highest BCUT2D eigenvalue weighted by atomic mass is 127. The molecule has 6 nitrogen and oxygen atoms in total. The Morgan fingerprint density at radius 3 is 2.67 bits per heavy atom. The molecule has 2 aromatic carbocycles. The number of carbonyl (C=O) groups is 1. The second-order valence-electron chi connectivity index (χ2n) is 5.86. The zero-order chi connectivity index (χ0) is 19.2. The molecular formula is C19H19IN4O2S. The maximum Gasteiger partial charge on any atom is 0.234 e. The van der Waals surface area contributed by atoms with E-state index in [9.17, 15) is 4.79 Å². The molecule has 0 saturated carbocycles. The molecular weight excluding hydrogens is 475 g/mol. The van der Waals surface area contributed by atoms with Crippen molar-refractivity contribution in [1.82, 2.24) is 14.8 Å². The number of nitrogens with zero attached hydrogens (tertiary/aromatic N) is 3. The van der Waals surface area contributed by atoms with Crippen LogP contribution in [0.5, 0.6) is 5.75 Å². The average molecular weight is 494 g/mol. The molecule has 0 bridgehead atoms. The van der Waals surface area contributed by atoms with Crippen LogP contribution in [0.3, 0.4) is 0 Å². The van der Waals surface area contributed by atoms with Gasteiger partial charge in [0.25, 0.3) is 0 Å². The predicted molar refractivity (Wildman–Crippen MR) is 115 cm³/mol. The minimum Gasteiger partial charge on any atom is -0.485 e. The Morgan fingerprint density at radius 1 is 1.19 bits per heavy atom. The van der Waals surface area contributed by atoms with Gasteiger partial charge in [-0.2, -0.15) is 0 Å². The molecule has 3 aromatic rings. The number of hydrogen-bond acceptors (Lipinski definition) is 5. The number of anilines is 1. The van der Waals surface area contributed by atoms with E-state index < -0.39 is 0 Å². The van der Waals surface area contributed by atoms with Crippen molar-refractivity contribution < 1.29 is 9.53 Å². The summed E-state index contributed by atoms with van der Waals surface area (Å²) in [6.07, 6.45) is 0. The molecule has 0 atom stereocenters. The van der Waals surface area contributed by atoms with Crippen molar-refractivity contribution in [2.75, 3.05) is 11.1 Å². The highest BCUT2D eigenvalue weighted by molar-refractivity contribution is 14.1. The van der Waals surface area contributed by atoms with Crippen LogP contribution in [-0.4, -0.2) is 26.4 Å². The summed E-state index contributed by atoms with van der Waals surface area (Å²) in [4.78, 5) is 12.1. The molecule has 0 aliphatic rings. The molecule has 0 saturated heterocycles. The van der Waals surface area contributed by atoms with Crippen LogP contribution in [-0.2, 0) is 18.4 Å². The highest BCUT2D eigenvalue weighted by Gasteiger charge is 2.12. The van der Waals surface area contributed by atoms with Gasteiger partial charge in [-0.15, -0.1) is 10.2 Å².